The molecule has 2 heterocycles. The molecule has 2 atom stereocenters. The van der Waals surface area contributed by atoms with Crippen LogP contribution in [-0.4, -0.2) is 54.1 Å². The van der Waals surface area contributed by atoms with Crippen molar-refractivity contribution in [3.05, 3.63) is 0 Å². The zero-order valence-electron chi connectivity index (χ0n) is 13.4. The highest BCUT2D eigenvalue weighted by atomic mass is 15.3. The van der Waals surface area contributed by atoms with E-state index in [0.29, 0.717) is 6.04 Å². The summed E-state index contributed by atoms with van der Waals surface area (Å²) in [6, 6.07) is 0.676. The summed E-state index contributed by atoms with van der Waals surface area (Å²) < 4.78 is 0. The lowest BCUT2D eigenvalue weighted by Gasteiger charge is -2.52. The lowest BCUT2D eigenvalue weighted by molar-refractivity contribution is -0.0183. The fourth-order valence-corrected chi connectivity index (χ4v) is 4.16. The summed E-state index contributed by atoms with van der Waals surface area (Å²) in [5.41, 5.74) is 6.51. The van der Waals surface area contributed by atoms with Crippen LogP contribution in [0, 0.1) is 11.8 Å². The van der Waals surface area contributed by atoms with Gasteiger partial charge in [-0.1, -0.05) is 13.8 Å². The van der Waals surface area contributed by atoms with Crippen LogP contribution in [0.2, 0.25) is 0 Å². The predicted octanol–water partition coefficient (Wildman–Crippen LogP) is 2.17. The van der Waals surface area contributed by atoms with Crippen molar-refractivity contribution < 1.29 is 0 Å². The topological polar surface area (TPSA) is 32.5 Å². The van der Waals surface area contributed by atoms with E-state index in [1.165, 1.54) is 45.4 Å². The first-order valence-corrected chi connectivity index (χ1v) is 8.16. The monoisotopic (exact) mass is 267 g/mol. The Kier molecular flexibility index (Phi) is 4.91. The second kappa shape index (κ2) is 6.11. The molecule has 19 heavy (non-hydrogen) atoms. The standard InChI is InChI=1S/C16H33N3/c1-13(2)18-7-5-16(12-17,6-8-18)19-10-14(3)9-15(4)11-19/h13-15H,5-12,17H2,1-4H3. The lowest BCUT2D eigenvalue weighted by Crippen LogP contribution is -2.62. The number of hydrogen-bond donors (Lipinski definition) is 1. The van der Waals surface area contributed by atoms with Gasteiger partial charge < -0.3 is 10.6 Å². The van der Waals surface area contributed by atoms with Gasteiger partial charge in [0.15, 0.2) is 0 Å². The van der Waals surface area contributed by atoms with Crippen LogP contribution in [0.15, 0.2) is 0 Å². The summed E-state index contributed by atoms with van der Waals surface area (Å²) in [5, 5.41) is 0. The molecule has 2 rings (SSSR count). The van der Waals surface area contributed by atoms with Crippen LogP contribution in [0.25, 0.3) is 0 Å². The van der Waals surface area contributed by atoms with Crippen molar-refractivity contribution in [3.8, 4) is 0 Å². The molecule has 2 aliphatic heterocycles. The highest BCUT2D eigenvalue weighted by Gasteiger charge is 2.41. The van der Waals surface area contributed by atoms with Gasteiger partial charge in [0.1, 0.15) is 0 Å². The maximum absolute atomic E-state index is 6.22. The Morgan fingerprint density at radius 2 is 1.63 bits per heavy atom. The zero-order chi connectivity index (χ0) is 14.0. The van der Waals surface area contributed by atoms with Crippen LogP contribution >= 0.6 is 0 Å². The average molecular weight is 267 g/mol. The Morgan fingerprint density at radius 1 is 1.11 bits per heavy atom. The van der Waals surface area contributed by atoms with Crippen LogP contribution in [0.1, 0.15) is 47.0 Å². The maximum atomic E-state index is 6.22. The van der Waals surface area contributed by atoms with Crippen molar-refractivity contribution in [1.82, 2.24) is 9.80 Å². The van der Waals surface area contributed by atoms with Crippen LogP contribution in [0.4, 0.5) is 0 Å². The Labute approximate surface area is 119 Å². The smallest absolute Gasteiger partial charge is 0.0356 e. The van der Waals surface area contributed by atoms with Crippen LogP contribution in [0.3, 0.4) is 0 Å². The van der Waals surface area contributed by atoms with Gasteiger partial charge in [-0.2, -0.15) is 0 Å². The minimum Gasteiger partial charge on any atom is -0.329 e. The number of likely N-dealkylation sites (tertiary alicyclic amines) is 2. The van der Waals surface area contributed by atoms with Crippen LogP contribution in [-0.2, 0) is 0 Å². The van der Waals surface area contributed by atoms with Gasteiger partial charge in [-0.3, -0.25) is 4.90 Å². The molecular formula is C16H33N3. The molecule has 0 bridgehead atoms. The summed E-state index contributed by atoms with van der Waals surface area (Å²) in [6.45, 7) is 15.2. The van der Waals surface area contributed by atoms with E-state index in [-0.39, 0.29) is 5.54 Å². The van der Waals surface area contributed by atoms with Crippen molar-refractivity contribution in [2.75, 3.05) is 32.7 Å². The Hall–Kier alpha value is -0.120. The maximum Gasteiger partial charge on any atom is 0.0356 e. The molecule has 2 unspecified atom stereocenters. The number of piperidine rings is 2. The molecule has 3 heteroatoms. The molecule has 0 aliphatic carbocycles. The van der Waals surface area contributed by atoms with E-state index in [1.807, 2.05) is 0 Å². The normalized spacial score (nSPS) is 33.8. The first-order chi connectivity index (χ1) is 8.97. The van der Waals surface area contributed by atoms with E-state index in [2.05, 4.69) is 37.5 Å². The molecule has 112 valence electrons. The van der Waals surface area contributed by atoms with Gasteiger partial charge >= 0.3 is 0 Å². The molecular weight excluding hydrogens is 234 g/mol. The van der Waals surface area contributed by atoms with Crippen molar-refractivity contribution in [2.45, 2.75) is 58.5 Å². The van der Waals surface area contributed by atoms with Gasteiger partial charge in [-0.05, 0) is 44.9 Å². The van der Waals surface area contributed by atoms with Crippen molar-refractivity contribution in [3.63, 3.8) is 0 Å². The summed E-state index contributed by atoms with van der Waals surface area (Å²) >= 11 is 0. The number of nitrogens with two attached hydrogens (primary N) is 1. The fourth-order valence-electron chi connectivity index (χ4n) is 4.16. The highest BCUT2D eigenvalue weighted by Crippen LogP contribution is 2.34. The van der Waals surface area contributed by atoms with Gasteiger partial charge in [-0.25, -0.2) is 0 Å². The lowest BCUT2D eigenvalue weighted by atomic mass is 9.81. The molecule has 0 aromatic heterocycles. The molecule has 3 nitrogen and oxygen atoms in total. The molecule has 0 aromatic rings. The van der Waals surface area contributed by atoms with E-state index in [9.17, 15) is 0 Å². The van der Waals surface area contributed by atoms with Crippen LogP contribution < -0.4 is 5.73 Å². The van der Waals surface area contributed by atoms with Crippen molar-refractivity contribution in [1.29, 1.82) is 0 Å². The predicted molar refractivity (Wildman–Crippen MR) is 82.2 cm³/mol. The van der Waals surface area contributed by atoms with Crippen molar-refractivity contribution >= 4 is 0 Å². The van der Waals surface area contributed by atoms with E-state index in [0.717, 1.165) is 18.4 Å². The Balaban J connectivity index is 2.03. The zero-order valence-corrected chi connectivity index (χ0v) is 13.4. The molecule has 2 saturated heterocycles. The summed E-state index contributed by atoms with van der Waals surface area (Å²) in [4.78, 5) is 5.34. The summed E-state index contributed by atoms with van der Waals surface area (Å²) in [6.07, 6.45) is 3.89. The largest absolute Gasteiger partial charge is 0.329 e. The Morgan fingerprint density at radius 3 is 2.05 bits per heavy atom. The van der Waals surface area contributed by atoms with E-state index in [1.54, 1.807) is 0 Å². The molecule has 0 aromatic carbocycles. The molecule has 2 fully saturated rings. The number of rotatable bonds is 3. The average Bonchev–Trinajstić information content (AvgIpc) is 2.37. The third-order valence-corrected chi connectivity index (χ3v) is 5.38. The van der Waals surface area contributed by atoms with Gasteiger partial charge in [0, 0.05) is 44.3 Å². The summed E-state index contributed by atoms with van der Waals surface area (Å²) in [5.74, 6) is 1.66. The SMILES string of the molecule is CC1CC(C)CN(C2(CN)CCN(C(C)C)CC2)C1. The van der Waals surface area contributed by atoms with E-state index < -0.39 is 0 Å². The molecule has 0 saturated carbocycles. The molecule has 0 radical (unpaired) electrons. The van der Waals surface area contributed by atoms with Gasteiger partial charge in [0.25, 0.3) is 0 Å². The molecule has 2 aliphatic rings. The van der Waals surface area contributed by atoms with Crippen LogP contribution in [0.5, 0.6) is 0 Å². The molecule has 0 spiro atoms. The highest BCUT2D eigenvalue weighted by molar-refractivity contribution is 4.98. The number of hydrogen-bond acceptors (Lipinski definition) is 3. The second-order valence-corrected chi connectivity index (χ2v) is 7.41. The minimum atomic E-state index is 0.286. The molecule has 2 N–H and O–H groups in total. The molecule has 0 amide bonds. The van der Waals surface area contributed by atoms with E-state index >= 15 is 0 Å². The van der Waals surface area contributed by atoms with Gasteiger partial charge in [-0.15, -0.1) is 0 Å². The number of nitrogens with zero attached hydrogens (tertiary/aromatic N) is 2. The fraction of sp³-hybridized carbons (Fsp3) is 1.00. The third kappa shape index (κ3) is 3.32. The first-order valence-electron chi connectivity index (χ1n) is 8.16. The summed E-state index contributed by atoms with van der Waals surface area (Å²) in [7, 11) is 0. The first kappa shape index (κ1) is 15.3. The van der Waals surface area contributed by atoms with Gasteiger partial charge in [0.2, 0.25) is 0 Å². The third-order valence-electron chi connectivity index (χ3n) is 5.38. The second-order valence-electron chi connectivity index (χ2n) is 7.41. The quantitative estimate of drug-likeness (QED) is 0.850. The Bertz CT molecular complexity index is 272. The van der Waals surface area contributed by atoms with Crippen molar-refractivity contribution in [2.24, 2.45) is 17.6 Å². The van der Waals surface area contributed by atoms with E-state index in [4.69, 9.17) is 5.73 Å². The minimum absolute atomic E-state index is 0.286. The van der Waals surface area contributed by atoms with Gasteiger partial charge in [0.05, 0.1) is 0 Å².